The fraction of sp³-hybridized carbons (Fsp3) is 0.346. The summed E-state index contributed by atoms with van der Waals surface area (Å²) in [5.74, 6) is 0.774. The molecule has 0 aliphatic heterocycles. The van der Waals surface area contributed by atoms with Crippen LogP contribution < -0.4 is 10.6 Å². The Morgan fingerprint density at radius 3 is 2.49 bits per heavy atom. The van der Waals surface area contributed by atoms with Crippen LogP contribution in [0.3, 0.4) is 0 Å². The van der Waals surface area contributed by atoms with Crippen molar-refractivity contribution in [1.29, 1.82) is 0 Å². The molecule has 180 valence electrons. The fourth-order valence-corrected chi connectivity index (χ4v) is 5.60. The predicted molar refractivity (Wildman–Crippen MR) is 136 cm³/mol. The van der Waals surface area contributed by atoms with E-state index in [4.69, 9.17) is 21.6 Å². The third-order valence-corrected chi connectivity index (χ3v) is 7.33. The number of hydrogen-bond acceptors (Lipinski definition) is 7. The van der Waals surface area contributed by atoms with Gasteiger partial charge in [-0.2, -0.15) is 0 Å². The van der Waals surface area contributed by atoms with Crippen molar-refractivity contribution in [2.24, 2.45) is 17.8 Å². The summed E-state index contributed by atoms with van der Waals surface area (Å²) in [4.78, 5) is 30.4. The van der Waals surface area contributed by atoms with Gasteiger partial charge in [-0.3, -0.25) is 4.79 Å². The first kappa shape index (κ1) is 23.2. The van der Waals surface area contributed by atoms with Crippen molar-refractivity contribution < 1.29 is 9.90 Å². The second-order valence-electron chi connectivity index (χ2n) is 9.16. The summed E-state index contributed by atoms with van der Waals surface area (Å²) >= 11 is 6.12. The van der Waals surface area contributed by atoms with Gasteiger partial charge < -0.3 is 15.7 Å². The van der Waals surface area contributed by atoms with E-state index in [0.717, 1.165) is 31.2 Å². The summed E-state index contributed by atoms with van der Waals surface area (Å²) in [5.41, 5.74) is 2.53. The summed E-state index contributed by atoms with van der Waals surface area (Å²) < 4.78 is 0. The maximum absolute atomic E-state index is 12.2. The maximum atomic E-state index is 12.2. The number of anilines is 2. The van der Waals surface area contributed by atoms with Gasteiger partial charge >= 0.3 is 5.97 Å². The summed E-state index contributed by atoms with van der Waals surface area (Å²) in [7, 11) is 1.74. The second kappa shape index (κ2) is 9.62. The highest BCUT2D eigenvalue weighted by Gasteiger charge is 2.47. The molecule has 2 bridgehead atoms. The molecular formula is C26H27ClN6O2. The van der Waals surface area contributed by atoms with Gasteiger partial charge in [0.2, 0.25) is 0 Å². The highest BCUT2D eigenvalue weighted by molar-refractivity contribution is 6.29. The number of carbonyl (C=O) groups is 1. The lowest BCUT2D eigenvalue weighted by Crippen LogP contribution is -2.51. The first-order chi connectivity index (χ1) is 16.9. The van der Waals surface area contributed by atoms with E-state index in [-0.39, 0.29) is 17.1 Å². The Hall–Kier alpha value is -3.52. The number of carboxylic acids is 1. The topological polar surface area (TPSA) is 113 Å². The van der Waals surface area contributed by atoms with Gasteiger partial charge in [0, 0.05) is 30.3 Å². The molecule has 3 N–H and O–H groups in total. The maximum Gasteiger partial charge on any atom is 0.308 e. The average molecular weight is 491 g/mol. The van der Waals surface area contributed by atoms with Crippen LogP contribution in [0.1, 0.15) is 37.2 Å². The third-order valence-electron chi connectivity index (χ3n) is 7.15. The van der Waals surface area contributed by atoms with Gasteiger partial charge in [0.25, 0.3) is 0 Å². The van der Waals surface area contributed by atoms with Crippen molar-refractivity contribution in [1.82, 2.24) is 19.9 Å². The lowest BCUT2D eigenvalue weighted by molar-refractivity contribution is -0.148. The highest BCUT2D eigenvalue weighted by atomic mass is 35.5. The van der Waals surface area contributed by atoms with E-state index in [9.17, 15) is 9.90 Å². The van der Waals surface area contributed by atoms with Crippen molar-refractivity contribution in [2.45, 2.75) is 31.7 Å². The van der Waals surface area contributed by atoms with Crippen LogP contribution >= 0.6 is 11.6 Å². The number of aliphatic carboxylic acids is 1. The normalized spacial score (nSPS) is 23.0. The Labute approximate surface area is 208 Å². The molecule has 0 amide bonds. The molecule has 2 heterocycles. The Morgan fingerprint density at radius 2 is 1.80 bits per heavy atom. The van der Waals surface area contributed by atoms with Gasteiger partial charge in [0.05, 0.1) is 17.8 Å². The van der Waals surface area contributed by atoms with Gasteiger partial charge in [-0.15, -0.1) is 0 Å². The minimum absolute atomic E-state index is 0.182. The summed E-state index contributed by atoms with van der Waals surface area (Å²) in [5, 5.41) is 16.7. The van der Waals surface area contributed by atoms with Crippen molar-refractivity contribution in [3.8, 4) is 11.3 Å². The molecule has 0 spiro atoms. The Morgan fingerprint density at radius 1 is 1.09 bits per heavy atom. The van der Waals surface area contributed by atoms with Crippen LogP contribution in [0.15, 0.2) is 49.2 Å². The fourth-order valence-electron chi connectivity index (χ4n) is 5.46. The van der Waals surface area contributed by atoms with E-state index in [1.165, 1.54) is 6.20 Å². The van der Waals surface area contributed by atoms with Gasteiger partial charge in [0.1, 0.15) is 16.7 Å². The van der Waals surface area contributed by atoms with E-state index in [1.54, 1.807) is 7.05 Å². The number of fused-ring (bicyclic) bond motifs is 3. The predicted octanol–water partition coefficient (Wildman–Crippen LogP) is 4.99. The SMILES string of the molecule is C=C(c1nc(NC2C3CCC(CC3)C2C(=O)O)cc(-c2ccccc2)n1)c1nc(Cl)cnc1NC. The molecule has 3 aromatic rings. The van der Waals surface area contributed by atoms with Crippen LogP contribution in [0, 0.1) is 17.8 Å². The first-order valence-electron chi connectivity index (χ1n) is 11.8. The Balaban J connectivity index is 1.57. The quantitative estimate of drug-likeness (QED) is 0.424. The first-order valence-corrected chi connectivity index (χ1v) is 12.2. The molecule has 3 saturated carbocycles. The number of nitrogens with one attached hydrogen (secondary N) is 2. The lowest BCUT2D eigenvalue weighted by Gasteiger charge is -2.47. The smallest absolute Gasteiger partial charge is 0.308 e. The molecule has 2 unspecified atom stereocenters. The van der Waals surface area contributed by atoms with Crippen LogP contribution in [-0.2, 0) is 4.79 Å². The van der Waals surface area contributed by atoms with Crippen molar-refractivity contribution in [2.75, 3.05) is 17.7 Å². The molecule has 2 atom stereocenters. The van der Waals surface area contributed by atoms with Gasteiger partial charge in [0.15, 0.2) is 11.6 Å². The van der Waals surface area contributed by atoms with Crippen molar-refractivity contribution in [3.05, 3.63) is 65.8 Å². The number of nitrogens with zero attached hydrogens (tertiary/aromatic N) is 4. The summed E-state index contributed by atoms with van der Waals surface area (Å²) in [6.45, 7) is 4.20. The molecule has 2 aromatic heterocycles. The van der Waals surface area contributed by atoms with Crippen LogP contribution in [0.25, 0.3) is 16.8 Å². The monoisotopic (exact) mass is 490 g/mol. The van der Waals surface area contributed by atoms with Crippen LogP contribution in [0.4, 0.5) is 11.6 Å². The lowest BCUT2D eigenvalue weighted by atomic mass is 9.61. The zero-order valence-electron chi connectivity index (χ0n) is 19.4. The van der Waals surface area contributed by atoms with E-state index in [0.29, 0.717) is 40.3 Å². The minimum atomic E-state index is -0.744. The third kappa shape index (κ3) is 4.58. The average Bonchev–Trinajstić information content (AvgIpc) is 2.89. The summed E-state index contributed by atoms with van der Waals surface area (Å²) in [6.07, 6.45) is 5.47. The van der Waals surface area contributed by atoms with Gasteiger partial charge in [-0.25, -0.2) is 19.9 Å². The van der Waals surface area contributed by atoms with Crippen LogP contribution in [-0.4, -0.2) is 44.1 Å². The molecule has 3 aliphatic carbocycles. The minimum Gasteiger partial charge on any atom is -0.481 e. The van der Waals surface area contributed by atoms with Crippen LogP contribution in [0.2, 0.25) is 5.15 Å². The number of aromatic nitrogens is 4. The molecule has 1 aromatic carbocycles. The molecular weight excluding hydrogens is 464 g/mol. The standard InChI is InChI=1S/C26H27ClN6O2/c1-14(22-25(28-2)29-13-19(27)31-22)24-30-18(15-6-4-3-5-7-15)12-20(33-24)32-23-17-10-8-16(9-11-17)21(23)26(34)35/h3-7,12-13,16-17,21,23H,1,8-11H2,2H3,(H,28,29)(H,34,35)(H,30,32,33). The van der Waals surface area contributed by atoms with E-state index in [1.807, 2.05) is 36.4 Å². The van der Waals surface area contributed by atoms with Crippen molar-refractivity contribution in [3.63, 3.8) is 0 Å². The van der Waals surface area contributed by atoms with Gasteiger partial charge in [-0.1, -0.05) is 48.5 Å². The van der Waals surface area contributed by atoms with E-state index < -0.39 is 11.9 Å². The molecule has 9 heteroatoms. The molecule has 0 saturated heterocycles. The van der Waals surface area contributed by atoms with Gasteiger partial charge in [-0.05, 0) is 37.5 Å². The molecule has 3 fully saturated rings. The zero-order valence-corrected chi connectivity index (χ0v) is 20.2. The molecule has 8 nitrogen and oxygen atoms in total. The largest absolute Gasteiger partial charge is 0.481 e. The number of benzene rings is 1. The Kier molecular flexibility index (Phi) is 6.38. The van der Waals surface area contributed by atoms with E-state index >= 15 is 0 Å². The zero-order chi connectivity index (χ0) is 24.5. The number of rotatable bonds is 7. The van der Waals surface area contributed by atoms with Crippen molar-refractivity contribution >= 4 is 34.8 Å². The molecule has 35 heavy (non-hydrogen) atoms. The summed E-state index contributed by atoms with van der Waals surface area (Å²) in [6, 6.07) is 11.5. The number of halogens is 1. The second-order valence-corrected chi connectivity index (χ2v) is 9.54. The Bertz CT molecular complexity index is 1260. The molecule has 6 rings (SSSR count). The van der Waals surface area contributed by atoms with Crippen LogP contribution in [0.5, 0.6) is 0 Å². The molecule has 3 aliphatic rings. The number of hydrogen-bond donors (Lipinski definition) is 3. The van der Waals surface area contributed by atoms with E-state index in [2.05, 4.69) is 27.2 Å². The highest BCUT2D eigenvalue weighted by Crippen LogP contribution is 2.46. The number of carboxylic acid groups (broad SMARTS) is 1. The molecule has 0 radical (unpaired) electrons.